The van der Waals surface area contributed by atoms with E-state index < -0.39 is 0 Å². The first kappa shape index (κ1) is 12.3. The van der Waals surface area contributed by atoms with E-state index in [1.54, 1.807) is 12.1 Å². The van der Waals surface area contributed by atoms with Crippen molar-refractivity contribution >= 4 is 15.9 Å². The van der Waals surface area contributed by atoms with Crippen molar-refractivity contribution in [3.63, 3.8) is 0 Å². The van der Waals surface area contributed by atoms with Crippen LogP contribution in [0.1, 0.15) is 5.56 Å². The number of nitrogens with one attached hydrogen (secondary N) is 1. The maximum absolute atomic E-state index is 9.47. The lowest BCUT2D eigenvalue weighted by molar-refractivity contribution is 0.292. The molecule has 0 unspecified atom stereocenters. The Balaban J connectivity index is 2.78. The van der Waals surface area contributed by atoms with E-state index in [4.69, 9.17) is 9.84 Å². The van der Waals surface area contributed by atoms with Gasteiger partial charge in [-0.2, -0.15) is 0 Å². The van der Waals surface area contributed by atoms with Crippen LogP contribution in [-0.4, -0.2) is 30.5 Å². The third kappa shape index (κ3) is 3.37. The molecule has 84 valence electrons. The van der Waals surface area contributed by atoms with Crippen LogP contribution in [-0.2, 0) is 6.54 Å². The van der Waals surface area contributed by atoms with Crippen molar-refractivity contribution < 1.29 is 14.9 Å². The van der Waals surface area contributed by atoms with Crippen molar-refractivity contribution in [2.75, 3.05) is 20.3 Å². The quantitative estimate of drug-likeness (QED) is 0.708. The highest BCUT2D eigenvalue weighted by Crippen LogP contribution is 2.32. The molecule has 0 amide bonds. The number of benzene rings is 1. The van der Waals surface area contributed by atoms with Gasteiger partial charge in [-0.25, -0.2) is 0 Å². The minimum atomic E-state index is 0.104. The van der Waals surface area contributed by atoms with Crippen LogP contribution < -0.4 is 10.1 Å². The first-order valence-electron chi connectivity index (χ1n) is 4.56. The van der Waals surface area contributed by atoms with Crippen molar-refractivity contribution in [2.24, 2.45) is 0 Å². The highest BCUT2D eigenvalue weighted by atomic mass is 79.9. The van der Waals surface area contributed by atoms with Gasteiger partial charge in [-0.3, -0.25) is 0 Å². The molecule has 0 fully saturated rings. The normalized spacial score (nSPS) is 10.3. The summed E-state index contributed by atoms with van der Waals surface area (Å²) in [5.74, 6) is 0.550. The van der Waals surface area contributed by atoms with Gasteiger partial charge in [0.15, 0.2) is 11.5 Å². The fourth-order valence-corrected chi connectivity index (χ4v) is 1.66. The third-order valence-corrected chi connectivity index (χ3v) is 2.69. The first-order chi connectivity index (χ1) is 7.19. The number of hydrogen-bond acceptors (Lipinski definition) is 4. The monoisotopic (exact) mass is 275 g/mol. The molecule has 1 aromatic carbocycles. The van der Waals surface area contributed by atoms with Crippen LogP contribution in [0, 0.1) is 0 Å². The van der Waals surface area contributed by atoms with E-state index in [1.165, 1.54) is 7.11 Å². The Morgan fingerprint density at radius 1 is 1.47 bits per heavy atom. The summed E-state index contributed by atoms with van der Waals surface area (Å²) in [5, 5.41) is 21.1. The molecule has 1 rings (SSSR count). The molecule has 3 N–H and O–H groups in total. The maximum Gasteiger partial charge on any atom is 0.160 e. The topological polar surface area (TPSA) is 61.7 Å². The number of halogens is 1. The fraction of sp³-hybridized carbons (Fsp3) is 0.400. The lowest BCUT2D eigenvalue weighted by Crippen LogP contribution is -2.17. The summed E-state index contributed by atoms with van der Waals surface area (Å²) >= 11 is 3.34. The van der Waals surface area contributed by atoms with Gasteiger partial charge in [-0.05, 0) is 17.7 Å². The first-order valence-corrected chi connectivity index (χ1v) is 5.35. The Hall–Kier alpha value is -0.780. The average molecular weight is 276 g/mol. The Bertz CT molecular complexity index is 331. The van der Waals surface area contributed by atoms with E-state index in [1.807, 2.05) is 0 Å². The van der Waals surface area contributed by atoms with Crippen LogP contribution in [0.25, 0.3) is 0 Å². The number of phenolic OH excluding ortho intramolecular Hbond substituents is 1. The molecule has 5 heteroatoms. The van der Waals surface area contributed by atoms with E-state index >= 15 is 0 Å². The Morgan fingerprint density at radius 3 is 2.80 bits per heavy atom. The molecule has 0 aliphatic heterocycles. The number of aliphatic hydroxyl groups is 1. The van der Waals surface area contributed by atoms with Crippen molar-refractivity contribution in [2.45, 2.75) is 6.54 Å². The number of hydrogen-bond donors (Lipinski definition) is 3. The minimum absolute atomic E-state index is 0.104. The zero-order valence-electron chi connectivity index (χ0n) is 8.46. The van der Waals surface area contributed by atoms with Gasteiger partial charge < -0.3 is 20.3 Å². The van der Waals surface area contributed by atoms with Crippen LogP contribution in [0.15, 0.2) is 16.6 Å². The maximum atomic E-state index is 9.47. The minimum Gasteiger partial charge on any atom is -0.504 e. The van der Waals surface area contributed by atoms with Crippen molar-refractivity contribution in [1.29, 1.82) is 0 Å². The number of rotatable bonds is 5. The van der Waals surface area contributed by atoms with Crippen molar-refractivity contribution in [3.05, 3.63) is 22.2 Å². The molecule has 0 saturated heterocycles. The molecule has 1 aromatic rings. The van der Waals surface area contributed by atoms with Gasteiger partial charge in [0.2, 0.25) is 0 Å². The van der Waals surface area contributed by atoms with Crippen LogP contribution in [0.5, 0.6) is 11.5 Å². The van der Waals surface area contributed by atoms with Gasteiger partial charge in [0.1, 0.15) is 0 Å². The molecule has 4 nitrogen and oxygen atoms in total. The Labute approximate surface area is 97.0 Å². The van der Waals surface area contributed by atoms with E-state index in [2.05, 4.69) is 21.2 Å². The molecule has 0 aliphatic carbocycles. The average Bonchev–Trinajstić information content (AvgIpc) is 2.21. The molecule has 0 saturated carbocycles. The van der Waals surface area contributed by atoms with Crippen LogP contribution >= 0.6 is 15.9 Å². The number of aromatic hydroxyl groups is 1. The second-order valence-corrected chi connectivity index (χ2v) is 3.87. The number of ether oxygens (including phenoxy) is 1. The summed E-state index contributed by atoms with van der Waals surface area (Å²) in [5.41, 5.74) is 0.970. The highest BCUT2D eigenvalue weighted by Gasteiger charge is 2.07. The number of methoxy groups -OCH3 is 1. The molecule has 0 atom stereocenters. The molecule has 0 spiro atoms. The highest BCUT2D eigenvalue weighted by molar-refractivity contribution is 9.10. The summed E-state index contributed by atoms with van der Waals surface area (Å²) in [7, 11) is 1.51. The SMILES string of the molecule is COc1cc(CNCCO)c(Br)cc1O. The lowest BCUT2D eigenvalue weighted by atomic mass is 10.2. The second kappa shape index (κ2) is 5.95. The van der Waals surface area contributed by atoms with E-state index in [0.29, 0.717) is 18.8 Å². The predicted molar refractivity (Wildman–Crippen MR) is 61.2 cm³/mol. The van der Waals surface area contributed by atoms with E-state index in [0.717, 1.165) is 10.0 Å². The zero-order valence-corrected chi connectivity index (χ0v) is 10.0. The lowest BCUT2D eigenvalue weighted by Gasteiger charge is -2.09. The van der Waals surface area contributed by atoms with Gasteiger partial charge in [-0.15, -0.1) is 0 Å². The summed E-state index contributed by atoms with van der Waals surface area (Å²) < 4.78 is 5.81. The summed E-state index contributed by atoms with van der Waals surface area (Å²) in [4.78, 5) is 0. The molecular formula is C10H14BrNO3. The molecular weight excluding hydrogens is 262 g/mol. The number of aliphatic hydroxyl groups excluding tert-OH is 1. The number of phenols is 1. The molecule has 0 aliphatic rings. The van der Waals surface area contributed by atoms with Gasteiger partial charge in [-0.1, -0.05) is 15.9 Å². The van der Waals surface area contributed by atoms with E-state index in [-0.39, 0.29) is 12.4 Å². The smallest absolute Gasteiger partial charge is 0.160 e. The molecule has 15 heavy (non-hydrogen) atoms. The summed E-state index contributed by atoms with van der Waals surface area (Å²) in [6.45, 7) is 1.25. The van der Waals surface area contributed by atoms with Crippen LogP contribution in [0.2, 0.25) is 0 Å². The van der Waals surface area contributed by atoms with Crippen molar-refractivity contribution in [1.82, 2.24) is 5.32 Å². The standard InChI is InChI=1S/C10H14BrNO3/c1-15-10-4-7(6-12-2-3-13)8(11)5-9(10)14/h4-5,12-14H,2-3,6H2,1H3. The van der Waals surface area contributed by atoms with E-state index in [9.17, 15) is 5.11 Å². The third-order valence-electron chi connectivity index (χ3n) is 1.95. The molecule has 0 aromatic heterocycles. The molecule has 0 bridgehead atoms. The zero-order chi connectivity index (χ0) is 11.3. The predicted octanol–water partition coefficient (Wildman–Crippen LogP) is 1.25. The van der Waals surface area contributed by atoms with Gasteiger partial charge in [0.05, 0.1) is 13.7 Å². The van der Waals surface area contributed by atoms with Gasteiger partial charge in [0, 0.05) is 17.6 Å². The largest absolute Gasteiger partial charge is 0.504 e. The van der Waals surface area contributed by atoms with Gasteiger partial charge >= 0.3 is 0 Å². The Morgan fingerprint density at radius 2 is 2.20 bits per heavy atom. The molecule has 0 radical (unpaired) electrons. The van der Waals surface area contributed by atoms with Gasteiger partial charge in [0.25, 0.3) is 0 Å². The van der Waals surface area contributed by atoms with Crippen LogP contribution in [0.3, 0.4) is 0 Å². The Kier molecular flexibility index (Phi) is 4.87. The second-order valence-electron chi connectivity index (χ2n) is 3.02. The summed E-state index contributed by atoms with van der Waals surface area (Å²) in [6, 6.07) is 3.35. The fourth-order valence-electron chi connectivity index (χ4n) is 1.19. The van der Waals surface area contributed by atoms with Crippen LogP contribution in [0.4, 0.5) is 0 Å². The summed E-state index contributed by atoms with van der Waals surface area (Å²) in [6.07, 6.45) is 0. The molecule has 0 heterocycles. The van der Waals surface area contributed by atoms with Crippen molar-refractivity contribution in [3.8, 4) is 11.5 Å².